The predicted molar refractivity (Wildman–Crippen MR) is 124 cm³/mol. The molecule has 0 aliphatic carbocycles. The van der Waals surface area contributed by atoms with E-state index in [1.807, 2.05) is 30.3 Å². The van der Waals surface area contributed by atoms with Crippen LogP contribution in [0.25, 0.3) is 0 Å². The summed E-state index contributed by atoms with van der Waals surface area (Å²) in [5.41, 5.74) is 1.16. The van der Waals surface area contributed by atoms with E-state index < -0.39 is 12.2 Å². The van der Waals surface area contributed by atoms with E-state index in [1.54, 1.807) is 31.0 Å². The fourth-order valence-electron chi connectivity index (χ4n) is 3.76. The van der Waals surface area contributed by atoms with Crippen molar-refractivity contribution in [3.63, 3.8) is 0 Å². The fourth-order valence-corrected chi connectivity index (χ4v) is 3.76. The average Bonchev–Trinajstić information content (AvgIpc) is 3.49. The van der Waals surface area contributed by atoms with E-state index in [0.717, 1.165) is 5.56 Å². The number of amides is 2. The molecule has 0 saturated heterocycles. The number of rotatable bonds is 10. The van der Waals surface area contributed by atoms with Crippen LogP contribution >= 0.6 is 0 Å². The standard InChI is InChI=1S/C25H26FN5O4/c1-3-30(17-32)23-22(24(33)29(2)16-21-12-13-27-35-21)31(15-18-8-5-4-6-9-18)25(28-23)34-20-11-7-10-19(26)14-20/h4-14,17,25,28H,3,15-16H2,1-2H3. The first-order valence-electron chi connectivity index (χ1n) is 11.1. The van der Waals surface area contributed by atoms with E-state index >= 15 is 0 Å². The Kier molecular flexibility index (Phi) is 7.30. The lowest BCUT2D eigenvalue weighted by atomic mass is 10.2. The summed E-state index contributed by atoms with van der Waals surface area (Å²) in [6, 6.07) is 17.0. The topological polar surface area (TPSA) is 91.2 Å². The van der Waals surface area contributed by atoms with Crippen LogP contribution in [0.3, 0.4) is 0 Å². The molecule has 1 aromatic heterocycles. The maximum atomic E-state index is 13.8. The first-order valence-corrected chi connectivity index (χ1v) is 11.1. The molecule has 0 spiro atoms. The fraction of sp³-hybridized carbons (Fsp3) is 0.240. The van der Waals surface area contributed by atoms with Crippen LogP contribution in [0.5, 0.6) is 5.75 Å². The summed E-state index contributed by atoms with van der Waals surface area (Å²) < 4.78 is 25.1. The highest BCUT2D eigenvalue weighted by Crippen LogP contribution is 2.29. The number of nitrogens with zero attached hydrogens (tertiary/aromatic N) is 4. The minimum atomic E-state index is -0.876. The summed E-state index contributed by atoms with van der Waals surface area (Å²) >= 11 is 0. The molecule has 2 heterocycles. The number of ether oxygens (including phenoxy) is 1. The van der Waals surface area contributed by atoms with Crippen LogP contribution in [0.15, 0.2) is 82.9 Å². The van der Waals surface area contributed by atoms with Gasteiger partial charge in [0.15, 0.2) is 5.76 Å². The van der Waals surface area contributed by atoms with Crippen molar-refractivity contribution in [1.82, 2.24) is 25.2 Å². The molecule has 2 amide bonds. The zero-order chi connectivity index (χ0) is 24.8. The van der Waals surface area contributed by atoms with Gasteiger partial charge in [0.05, 0.1) is 12.7 Å². The van der Waals surface area contributed by atoms with Crippen molar-refractivity contribution in [2.45, 2.75) is 26.4 Å². The highest BCUT2D eigenvalue weighted by atomic mass is 19.1. The van der Waals surface area contributed by atoms with Crippen LogP contribution in [0.4, 0.5) is 4.39 Å². The molecule has 4 rings (SSSR count). The molecule has 0 radical (unpaired) electrons. The van der Waals surface area contributed by atoms with Gasteiger partial charge in [0.2, 0.25) is 6.41 Å². The van der Waals surface area contributed by atoms with Gasteiger partial charge in [-0.25, -0.2) is 4.39 Å². The van der Waals surface area contributed by atoms with Crippen LogP contribution in [-0.4, -0.2) is 52.1 Å². The van der Waals surface area contributed by atoms with Crippen molar-refractivity contribution in [1.29, 1.82) is 0 Å². The number of aromatic nitrogens is 1. The van der Waals surface area contributed by atoms with E-state index in [9.17, 15) is 14.0 Å². The van der Waals surface area contributed by atoms with Crippen molar-refractivity contribution in [3.05, 3.63) is 95.5 Å². The lowest BCUT2D eigenvalue weighted by Crippen LogP contribution is -2.44. The molecule has 10 heteroatoms. The van der Waals surface area contributed by atoms with Gasteiger partial charge < -0.3 is 24.4 Å². The van der Waals surface area contributed by atoms with Crippen molar-refractivity contribution in [2.24, 2.45) is 0 Å². The summed E-state index contributed by atoms with van der Waals surface area (Å²) in [4.78, 5) is 30.2. The van der Waals surface area contributed by atoms with E-state index in [-0.39, 0.29) is 23.9 Å². The number of carbonyl (C=O) groups is 2. The highest BCUT2D eigenvalue weighted by molar-refractivity contribution is 5.94. The summed E-state index contributed by atoms with van der Waals surface area (Å²) in [5.74, 6) is 0.283. The molecular formula is C25H26FN5O4. The van der Waals surface area contributed by atoms with Crippen LogP contribution in [0, 0.1) is 5.82 Å². The molecule has 1 aliphatic rings. The molecule has 0 fully saturated rings. The van der Waals surface area contributed by atoms with Gasteiger partial charge in [-0.05, 0) is 24.6 Å². The zero-order valence-corrected chi connectivity index (χ0v) is 19.4. The van der Waals surface area contributed by atoms with Crippen LogP contribution in [0.2, 0.25) is 0 Å². The van der Waals surface area contributed by atoms with Crippen molar-refractivity contribution in [2.75, 3.05) is 13.6 Å². The molecule has 0 saturated carbocycles. The van der Waals surface area contributed by atoms with Gasteiger partial charge in [0, 0.05) is 32.3 Å². The summed E-state index contributed by atoms with van der Waals surface area (Å²) in [5, 5.41) is 6.83. The molecule has 3 aromatic rings. The number of benzene rings is 2. The van der Waals surface area contributed by atoms with E-state index in [2.05, 4.69) is 10.5 Å². The van der Waals surface area contributed by atoms with Crippen LogP contribution < -0.4 is 10.1 Å². The SMILES string of the molecule is CCN(C=O)C1=C(C(=O)N(C)Cc2ccno2)N(Cc2ccccc2)C(Oc2cccc(F)c2)N1. The normalized spacial score (nSPS) is 15.1. The zero-order valence-electron chi connectivity index (χ0n) is 19.4. The van der Waals surface area contributed by atoms with Gasteiger partial charge in [0.25, 0.3) is 12.3 Å². The maximum absolute atomic E-state index is 13.8. The quantitative estimate of drug-likeness (QED) is 0.447. The Hall–Kier alpha value is -4.34. The summed E-state index contributed by atoms with van der Waals surface area (Å²) in [6.07, 6.45) is 1.28. The third-order valence-corrected chi connectivity index (χ3v) is 5.48. The first-order chi connectivity index (χ1) is 17.0. The number of carbonyl (C=O) groups excluding carboxylic acids is 2. The average molecular weight is 480 g/mol. The Labute approximate surface area is 202 Å². The Balaban J connectivity index is 1.72. The predicted octanol–water partition coefficient (Wildman–Crippen LogP) is 2.89. The molecular weight excluding hydrogens is 453 g/mol. The monoisotopic (exact) mass is 479 g/mol. The largest absolute Gasteiger partial charge is 0.452 e. The second-order valence-electron chi connectivity index (χ2n) is 7.91. The van der Waals surface area contributed by atoms with Gasteiger partial charge in [0.1, 0.15) is 23.1 Å². The Morgan fingerprint density at radius 3 is 2.69 bits per heavy atom. The van der Waals surface area contributed by atoms with Crippen molar-refractivity contribution >= 4 is 12.3 Å². The molecule has 2 aromatic carbocycles. The van der Waals surface area contributed by atoms with Gasteiger partial charge in [-0.3, -0.25) is 14.5 Å². The van der Waals surface area contributed by atoms with Crippen molar-refractivity contribution < 1.29 is 23.2 Å². The third-order valence-electron chi connectivity index (χ3n) is 5.48. The van der Waals surface area contributed by atoms with Gasteiger partial charge in [-0.15, -0.1) is 0 Å². The third kappa shape index (κ3) is 5.43. The van der Waals surface area contributed by atoms with E-state index in [0.29, 0.717) is 31.1 Å². The van der Waals surface area contributed by atoms with Gasteiger partial charge in [-0.2, -0.15) is 0 Å². The second kappa shape index (κ2) is 10.7. The Morgan fingerprint density at radius 2 is 2.03 bits per heavy atom. The smallest absolute Gasteiger partial charge is 0.274 e. The summed E-state index contributed by atoms with van der Waals surface area (Å²) in [7, 11) is 1.63. The molecule has 35 heavy (non-hydrogen) atoms. The lowest BCUT2D eigenvalue weighted by molar-refractivity contribution is -0.129. The number of hydrogen-bond donors (Lipinski definition) is 1. The van der Waals surface area contributed by atoms with Crippen LogP contribution in [-0.2, 0) is 22.7 Å². The lowest BCUT2D eigenvalue weighted by Gasteiger charge is -2.29. The Morgan fingerprint density at radius 1 is 1.23 bits per heavy atom. The number of nitrogens with one attached hydrogen (secondary N) is 1. The van der Waals surface area contributed by atoms with Gasteiger partial charge >= 0.3 is 0 Å². The number of likely N-dealkylation sites (N-methyl/N-ethyl adjacent to an activating group) is 1. The first kappa shape index (κ1) is 23.8. The second-order valence-corrected chi connectivity index (χ2v) is 7.91. The van der Waals surface area contributed by atoms with Gasteiger partial charge in [-0.1, -0.05) is 41.6 Å². The number of halogens is 1. The molecule has 1 N–H and O–H groups in total. The highest BCUT2D eigenvalue weighted by Gasteiger charge is 2.40. The molecule has 9 nitrogen and oxygen atoms in total. The molecule has 0 bridgehead atoms. The minimum Gasteiger partial charge on any atom is -0.452 e. The Bertz CT molecular complexity index is 1190. The van der Waals surface area contributed by atoms with E-state index in [4.69, 9.17) is 9.26 Å². The van der Waals surface area contributed by atoms with E-state index in [1.165, 1.54) is 34.2 Å². The molecule has 182 valence electrons. The minimum absolute atomic E-state index is 0.178. The number of hydrogen-bond acceptors (Lipinski definition) is 7. The molecule has 1 aliphatic heterocycles. The maximum Gasteiger partial charge on any atom is 0.274 e. The molecule has 1 atom stereocenters. The van der Waals surface area contributed by atoms with Crippen molar-refractivity contribution in [3.8, 4) is 5.75 Å². The van der Waals surface area contributed by atoms with Crippen LogP contribution in [0.1, 0.15) is 18.2 Å². The summed E-state index contributed by atoms with van der Waals surface area (Å²) in [6.45, 7) is 2.59. The molecule has 1 unspecified atom stereocenters.